The standard InChI is InChI=1S/C32H28FNO4/c33-26-13-15-27(16-14-26)34-31(25-11-17-28(18-12-25)37-21-23-7-3-1-4-8-23)29(32(34)36)19-20-30(35)38-22-24-9-5-2-6-10-24/h1-18,29,31H,19-22H2. The number of esters is 1. The van der Waals surface area contributed by atoms with E-state index in [0.29, 0.717) is 18.7 Å². The molecule has 2 atom stereocenters. The van der Waals surface area contributed by atoms with Crippen LogP contribution >= 0.6 is 0 Å². The molecular weight excluding hydrogens is 481 g/mol. The van der Waals surface area contributed by atoms with Crippen LogP contribution in [-0.4, -0.2) is 11.9 Å². The van der Waals surface area contributed by atoms with Gasteiger partial charge in [-0.2, -0.15) is 0 Å². The molecule has 0 aliphatic carbocycles. The Labute approximate surface area is 221 Å². The SMILES string of the molecule is O=C(CCC1C(=O)N(c2ccc(F)cc2)C1c1ccc(OCc2ccccc2)cc1)OCc1ccccc1. The zero-order chi connectivity index (χ0) is 26.3. The van der Waals surface area contributed by atoms with Crippen molar-refractivity contribution in [2.24, 2.45) is 5.92 Å². The summed E-state index contributed by atoms with van der Waals surface area (Å²) in [6.07, 6.45) is 0.496. The van der Waals surface area contributed by atoms with Crippen LogP contribution in [0.25, 0.3) is 0 Å². The number of hydrogen-bond donors (Lipinski definition) is 0. The van der Waals surface area contributed by atoms with Gasteiger partial charge in [0.05, 0.1) is 12.0 Å². The Hall–Kier alpha value is -4.45. The molecule has 1 aliphatic heterocycles. The van der Waals surface area contributed by atoms with Gasteiger partial charge in [0.15, 0.2) is 0 Å². The van der Waals surface area contributed by atoms with Crippen LogP contribution in [0.3, 0.4) is 0 Å². The first kappa shape index (κ1) is 25.2. The first-order valence-electron chi connectivity index (χ1n) is 12.6. The molecule has 0 aromatic heterocycles. The molecule has 1 fully saturated rings. The lowest BCUT2D eigenvalue weighted by Crippen LogP contribution is -2.55. The van der Waals surface area contributed by atoms with Gasteiger partial charge in [-0.05, 0) is 59.5 Å². The summed E-state index contributed by atoms with van der Waals surface area (Å²) in [6, 6.07) is 32.6. The molecule has 0 saturated carbocycles. The van der Waals surface area contributed by atoms with E-state index >= 15 is 0 Å². The molecule has 192 valence electrons. The van der Waals surface area contributed by atoms with Crippen LogP contribution in [0.5, 0.6) is 5.75 Å². The molecule has 38 heavy (non-hydrogen) atoms. The summed E-state index contributed by atoms with van der Waals surface area (Å²) in [5.41, 5.74) is 3.52. The lowest BCUT2D eigenvalue weighted by atomic mass is 9.79. The van der Waals surface area contributed by atoms with Crippen LogP contribution in [0, 0.1) is 11.7 Å². The predicted molar refractivity (Wildman–Crippen MR) is 143 cm³/mol. The third-order valence-corrected chi connectivity index (χ3v) is 6.69. The molecule has 1 saturated heterocycles. The largest absolute Gasteiger partial charge is 0.489 e. The fourth-order valence-corrected chi connectivity index (χ4v) is 4.69. The summed E-state index contributed by atoms with van der Waals surface area (Å²) >= 11 is 0. The van der Waals surface area contributed by atoms with Crippen LogP contribution in [-0.2, 0) is 27.5 Å². The lowest BCUT2D eigenvalue weighted by molar-refractivity contribution is -0.145. The highest BCUT2D eigenvalue weighted by Crippen LogP contribution is 2.45. The van der Waals surface area contributed by atoms with Crippen LogP contribution in [0.2, 0.25) is 0 Å². The van der Waals surface area contributed by atoms with E-state index in [2.05, 4.69) is 0 Å². The van der Waals surface area contributed by atoms with E-state index < -0.39 is 0 Å². The van der Waals surface area contributed by atoms with Gasteiger partial charge in [-0.25, -0.2) is 4.39 Å². The van der Waals surface area contributed by atoms with Crippen molar-refractivity contribution >= 4 is 17.6 Å². The number of carbonyl (C=O) groups is 2. The topological polar surface area (TPSA) is 55.8 Å². The maximum Gasteiger partial charge on any atom is 0.306 e. The maximum absolute atomic E-state index is 13.5. The van der Waals surface area contributed by atoms with E-state index in [4.69, 9.17) is 9.47 Å². The number of hydrogen-bond acceptors (Lipinski definition) is 4. The van der Waals surface area contributed by atoms with Crippen molar-refractivity contribution in [3.8, 4) is 5.75 Å². The first-order valence-corrected chi connectivity index (χ1v) is 12.6. The number of rotatable bonds is 10. The number of amides is 1. The number of β-lactam (4-membered cyclic amide) rings is 1. The molecule has 0 N–H and O–H groups in total. The number of nitrogens with zero attached hydrogens (tertiary/aromatic N) is 1. The van der Waals surface area contributed by atoms with Crippen LogP contribution in [0.1, 0.15) is 35.6 Å². The number of carbonyl (C=O) groups excluding carboxylic acids is 2. The Balaban J connectivity index is 1.27. The molecule has 2 unspecified atom stereocenters. The molecule has 0 bridgehead atoms. The lowest BCUT2D eigenvalue weighted by Gasteiger charge is -2.47. The predicted octanol–water partition coefficient (Wildman–Crippen LogP) is 6.63. The monoisotopic (exact) mass is 509 g/mol. The normalized spacial score (nSPS) is 16.6. The molecule has 1 amide bonds. The van der Waals surface area contributed by atoms with Crippen molar-refractivity contribution in [1.82, 2.24) is 0 Å². The summed E-state index contributed by atoms with van der Waals surface area (Å²) in [6.45, 7) is 0.658. The van der Waals surface area contributed by atoms with E-state index in [9.17, 15) is 14.0 Å². The smallest absolute Gasteiger partial charge is 0.306 e. The highest BCUT2D eigenvalue weighted by molar-refractivity contribution is 6.03. The fraction of sp³-hybridized carbons (Fsp3) is 0.188. The average molecular weight is 510 g/mol. The second kappa shape index (κ2) is 11.7. The third-order valence-electron chi connectivity index (χ3n) is 6.69. The highest BCUT2D eigenvalue weighted by Gasteiger charge is 2.48. The quantitative estimate of drug-likeness (QED) is 0.178. The second-order valence-corrected chi connectivity index (χ2v) is 9.26. The molecule has 4 aromatic carbocycles. The van der Waals surface area contributed by atoms with Crippen molar-refractivity contribution in [2.45, 2.75) is 32.1 Å². The summed E-state index contributed by atoms with van der Waals surface area (Å²) in [5.74, 6) is -0.471. The van der Waals surface area contributed by atoms with Gasteiger partial charge < -0.3 is 14.4 Å². The van der Waals surface area contributed by atoms with Crippen molar-refractivity contribution in [1.29, 1.82) is 0 Å². The average Bonchev–Trinajstić information content (AvgIpc) is 2.96. The van der Waals surface area contributed by atoms with Crippen molar-refractivity contribution in [3.05, 3.63) is 132 Å². The Morgan fingerprint density at radius 3 is 2.00 bits per heavy atom. The van der Waals surface area contributed by atoms with E-state index in [1.54, 1.807) is 17.0 Å². The number of benzene rings is 4. The zero-order valence-corrected chi connectivity index (χ0v) is 20.8. The Kier molecular flexibility index (Phi) is 7.78. The van der Waals surface area contributed by atoms with Gasteiger partial charge >= 0.3 is 5.97 Å². The fourth-order valence-electron chi connectivity index (χ4n) is 4.69. The Morgan fingerprint density at radius 1 is 0.763 bits per heavy atom. The number of ether oxygens (including phenoxy) is 2. The summed E-state index contributed by atoms with van der Waals surface area (Å²) in [4.78, 5) is 27.3. The minimum atomic E-state index is -0.389. The summed E-state index contributed by atoms with van der Waals surface area (Å²) in [7, 11) is 0. The van der Waals surface area contributed by atoms with E-state index in [1.807, 2.05) is 84.9 Å². The minimum Gasteiger partial charge on any atom is -0.489 e. The van der Waals surface area contributed by atoms with Crippen molar-refractivity contribution in [3.63, 3.8) is 0 Å². The second-order valence-electron chi connectivity index (χ2n) is 9.26. The molecule has 1 aliphatic rings. The van der Waals surface area contributed by atoms with Crippen LogP contribution in [0.4, 0.5) is 10.1 Å². The minimum absolute atomic E-state index is 0.0955. The molecule has 5 rings (SSSR count). The summed E-state index contributed by atoms with van der Waals surface area (Å²) in [5, 5.41) is 0. The van der Waals surface area contributed by atoms with Gasteiger partial charge in [-0.15, -0.1) is 0 Å². The Morgan fingerprint density at radius 2 is 1.37 bits per heavy atom. The van der Waals surface area contributed by atoms with E-state index in [0.717, 1.165) is 22.4 Å². The third kappa shape index (κ3) is 5.92. The molecular formula is C32H28FNO4. The number of halogens is 1. The van der Waals surface area contributed by atoms with Crippen LogP contribution < -0.4 is 9.64 Å². The first-order chi connectivity index (χ1) is 18.6. The molecule has 1 heterocycles. The zero-order valence-electron chi connectivity index (χ0n) is 20.8. The molecule has 5 nitrogen and oxygen atoms in total. The van der Waals surface area contributed by atoms with Crippen molar-refractivity contribution in [2.75, 3.05) is 4.90 Å². The van der Waals surface area contributed by atoms with Gasteiger partial charge in [0.25, 0.3) is 0 Å². The van der Waals surface area contributed by atoms with E-state index in [-0.39, 0.29) is 42.7 Å². The van der Waals surface area contributed by atoms with E-state index in [1.165, 1.54) is 12.1 Å². The molecule has 4 aromatic rings. The van der Waals surface area contributed by atoms with Crippen molar-refractivity contribution < 1.29 is 23.5 Å². The Bertz CT molecular complexity index is 1360. The van der Waals surface area contributed by atoms with Gasteiger partial charge in [0.1, 0.15) is 24.8 Å². The highest BCUT2D eigenvalue weighted by atomic mass is 19.1. The molecule has 0 spiro atoms. The van der Waals surface area contributed by atoms with Gasteiger partial charge in [0, 0.05) is 12.1 Å². The summed E-state index contributed by atoms with van der Waals surface area (Å²) < 4.78 is 24.9. The number of anilines is 1. The van der Waals surface area contributed by atoms with Gasteiger partial charge in [-0.1, -0.05) is 72.8 Å². The molecule has 0 radical (unpaired) electrons. The van der Waals surface area contributed by atoms with Crippen LogP contribution in [0.15, 0.2) is 109 Å². The van der Waals surface area contributed by atoms with Gasteiger partial charge in [0.2, 0.25) is 5.91 Å². The van der Waals surface area contributed by atoms with Gasteiger partial charge in [-0.3, -0.25) is 9.59 Å². The maximum atomic E-state index is 13.5. The molecule has 6 heteroatoms.